The van der Waals surface area contributed by atoms with E-state index in [2.05, 4.69) is 10.6 Å². The fraction of sp³-hybridized carbons (Fsp3) is 0.385. The van der Waals surface area contributed by atoms with Crippen molar-refractivity contribution in [1.82, 2.24) is 20.0 Å². The lowest BCUT2D eigenvalue weighted by Gasteiger charge is -2.41. The fourth-order valence-electron chi connectivity index (χ4n) is 6.88. The number of methoxy groups -OCH3 is 1. The van der Waals surface area contributed by atoms with E-state index in [1.54, 1.807) is 47.0 Å². The molecule has 0 saturated carbocycles. The van der Waals surface area contributed by atoms with Crippen LogP contribution in [0.4, 0.5) is 5.69 Å². The standard InChI is InChI=1S/C39H44Cl2N6O9S/c1-39(2)22-55-13-12-46(39)38(50)35-30-20-56-33-19-32(54-3)28(18-29(33)36(30)47(45-35)27-16-24(40)15-25(41)17-27)23-8-7-9-26(14-23)44-34(48)10-5-4-6-11-43-37(49)31(42)21-57(51,52)53/h7-9,14-19,31H,4-6,10-13,20-22,42H2,1-3H3,(H,43,49)(H,44,48)(H,51,52,53)/t31-/m0/s1. The van der Waals surface area contributed by atoms with E-state index in [1.807, 2.05) is 38.1 Å². The topological polar surface area (TPSA) is 204 Å². The van der Waals surface area contributed by atoms with E-state index in [9.17, 15) is 22.8 Å². The second-order valence-electron chi connectivity index (χ2n) is 14.5. The molecule has 3 aromatic carbocycles. The Morgan fingerprint density at radius 1 is 1.05 bits per heavy atom. The Kier molecular flexibility index (Phi) is 12.8. The summed E-state index contributed by atoms with van der Waals surface area (Å²) in [5, 5.41) is 11.2. The van der Waals surface area contributed by atoms with Crippen molar-refractivity contribution in [2.75, 3.05) is 44.5 Å². The van der Waals surface area contributed by atoms with Gasteiger partial charge in [0, 0.05) is 58.0 Å². The minimum atomic E-state index is -4.37. The molecule has 2 aliphatic rings. The molecule has 15 nitrogen and oxygen atoms in total. The molecule has 0 aliphatic carbocycles. The fourth-order valence-corrected chi connectivity index (χ4v) is 8.00. The zero-order valence-electron chi connectivity index (χ0n) is 31.6. The number of morpholine rings is 1. The molecule has 3 heterocycles. The summed E-state index contributed by atoms with van der Waals surface area (Å²) in [7, 11) is -2.81. The van der Waals surface area contributed by atoms with Crippen LogP contribution in [-0.2, 0) is 31.1 Å². The van der Waals surface area contributed by atoms with Gasteiger partial charge in [0.1, 0.15) is 24.1 Å². The molecule has 18 heteroatoms. The molecular weight excluding hydrogens is 799 g/mol. The number of unbranched alkanes of at least 4 members (excludes halogenated alkanes) is 2. The largest absolute Gasteiger partial charge is 0.496 e. The van der Waals surface area contributed by atoms with Crippen LogP contribution >= 0.6 is 23.2 Å². The number of nitrogens with two attached hydrogens (primary N) is 1. The molecule has 0 spiro atoms. The zero-order valence-corrected chi connectivity index (χ0v) is 34.0. The Morgan fingerprint density at radius 2 is 1.81 bits per heavy atom. The number of nitrogens with one attached hydrogen (secondary N) is 2. The van der Waals surface area contributed by atoms with Crippen molar-refractivity contribution >= 4 is 56.7 Å². The van der Waals surface area contributed by atoms with Crippen molar-refractivity contribution in [3.8, 4) is 39.6 Å². The minimum absolute atomic E-state index is 0.0757. The second-order valence-corrected chi connectivity index (χ2v) is 16.8. The first-order valence-electron chi connectivity index (χ1n) is 18.3. The highest BCUT2D eigenvalue weighted by molar-refractivity contribution is 7.85. The number of hydrogen-bond donors (Lipinski definition) is 4. The van der Waals surface area contributed by atoms with Crippen molar-refractivity contribution in [2.24, 2.45) is 5.73 Å². The van der Waals surface area contributed by atoms with Crippen LogP contribution in [0.25, 0.3) is 28.1 Å². The average Bonchev–Trinajstić information content (AvgIpc) is 3.54. The first kappa shape index (κ1) is 41.9. The van der Waals surface area contributed by atoms with Crippen molar-refractivity contribution in [1.29, 1.82) is 0 Å². The van der Waals surface area contributed by atoms with Crippen molar-refractivity contribution in [3.05, 3.63) is 75.9 Å². The van der Waals surface area contributed by atoms with Gasteiger partial charge in [-0.15, -0.1) is 0 Å². The molecule has 0 radical (unpaired) electrons. The molecule has 4 aromatic rings. The molecule has 1 aromatic heterocycles. The van der Waals surface area contributed by atoms with Crippen molar-refractivity contribution in [2.45, 2.75) is 57.7 Å². The number of benzene rings is 3. The number of halogens is 2. The van der Waals surface area contributed by atoms with E-state index >= 15 is 0 Å². The third-order valence-electron chi connectivity index (χ3n) is 9.66. The van der Waals surface area contributed by atoms with E-state index in [1.165, 1.54) is 0 Å². The van der Waals surface area contributed by atoms with Gasteiger partial charge in [0.25, 0.3) is 16.0 Å². The average molecular weight is 844 g/mol. The Hall–Kier alpha value is -4.71. The lowest BCUT2D eigenvalue weighted by atomic mass is 9.95. The lowest BCUT2D eigenvalue weighted by molar-refractivity contribution is -0.122. The summed E-state index contributed by atoms with van der Waals surface area (Å²) in [5.41, 5.74) is 9.64. The number of nitrogens with zero attached hydrogens (tertiary/aromatic N) is 3. The van der Waals surface area contributed by atoms with E-state index in [-0.39, 0.29) is 37.1 Å². The van der Waals surface area contributed by atoms with Gasteiger partial charge in [-0.25, -0.2) is 4.68 Å². The molecule has 0 unspecified atom stereocenters. The SMILES string of the molecule is COc1cc2c(cc1-c1cccc(NC(=O)CCCCCNC(=O)[C@@H](N)CS(=O)(=O)O)c1)-c1c(c(C(=O)N3CCOCC3(C)C)nn1-c1cc(Cl)cc(Cl)c1)CO2. The third-order valence-corrected chi connectivity index (χ3v) is 10.9. The summed E-state index contributed by atoms with van der Waals surface area (Å²) in [6.07, 6.45) is 1.93. The van der Waals surface area contributed by atoms with Gasteiger partial charge in [0.05, 0.1) is 43.0 Å². The Labute approximate surface area is 340 Å². The first-order valence-corrected chi connectivity index (χ1v) is 20.6. The summed E-state index contributed by atoms with van der Waals surface area (Å²) in [5.74, 6) is -0.953. The highest BCUT2D eigenvalue weighted by Gasteiger charge is 2.39. The summed E-state index contributed by atoms with van der Waals surface area (Å²) in [4.78, 5) is 40.9. The van der Waals surface area contributed by atoms with Gasteiger partial charge in [-0.05, 0) is 68.7 Å². The maximum absolute atomic E-state index is 14.3. The predicted molar refractivity (Wildman–Crippen MR) is 216 cm³/mol. The second kappa shape index (κ2) is 17.4. The maximum atomic E-state index is 14.3. The molecule has 0 bridgehead atoms. The van der Waals surface area contributed by atoms with E-state index in [0.29, 0.717) is 94.3 Å². The smallest absolute Gasteiger partial charge is 0.275 e. The van der Waals surface area contributed by atoms with Crippen LogP contribution in [0.1, 0.15) is 55.6 Å². The molecule has 1 atom stereocenters. The van der Waals surface area contributed by atoms with Crippen LogP contribution in [-0.4, -0.2) is 96.1 Å². The zero-order chi connectivity index (χ0) is 41.1. The molecule has 3 amide bonds. The normalized spacial score (nSPS) is 15.2. The van der Waals surface area contributed by atoms with E-state index < -0.39 is 33.4 Å². The summed E-state index contributed by atoms with van der Waals surface area (Å²) >= 11 is 12.9. The number of rotatable bonds is 14. The predicted octanol–water partition coefficient (Wildman–Crippen LogP) is 5.50. The van der Waals surface area contributed by atoms with Crippen LogP contribution in [0.15, 0.2) is 54.6 Å². The van der Waals surface area contributed by atoms with E-state index in [0.717, 1.165) is 5.56 Å². The number of aromatic nitrogens is 2. The van der Waals surface area contributed by atoms with Crippen LogP contribution in [0.2, 0.25) is 10.0 Å². The summed E-state index contributed by atoms with van der Waals surface area (Å²) in [6, 6.07) is 14.7. The quantitative estimate of drug-likeness (QED) is 0.0923. The van der Waals surface area contributed by atoms with Gasteiger partial charge in [-0.1, -0.05) is 41.8 Å². The molecule has 1 fully saturated rings. The molecule has 1 saturated heterocycles. The van der Waals surface area contributed by atoms with Crippen LogP contribution in [0, 0.1) is 0 Å². The molecule has 57 heavy (non-hydrogen) atoms. The van der Waals surface area contributed by atoms with Crippen molar-refractivity contribution < 1.29 is 41.6 Å². The van der Waals surface area contributed by atoms with Crippen LogP contribution < -0.4 is 25.8 Å². The highest BCUT2D eigenvalue weighted by Crippen LogP contribution is 2.47. The number of anilines is 1. The molecular formula is C39H44Cl2N6O9S. The van der Waals surface area contributed by atoms with Crippen LogP contribution in [0.3, 0.4) is 0 Å². The van der Waals surface area contributed by atoms with Gasteiger partial charge >= 0.3 is 0 Å². The Bertz CT molecular complexity index is 2280. The number of fused-ring (bicyclic) bond motifs is 3. The number of carbonyl (C=O) groups excluding carboxylic acids is 3. The van der Waals surface area contributed by atoms with Gasteiger partial charge in [0.2, 0.25) is 11.8 Å². The van der Waals surface area contributed by atoms with Crippen molar-refractivity contribution in [3.63, 3.8) is 0 Å². The van der Waals surface area contributed by atoms with Gasteiger partial charge in [-0.2, -0.15) is 13.5 Å². The van der Waals surface area contributed by atoms with Crippen LogP contribution in [0.5, 0.6) is 11.5 Å². The van der Waals surface area contributed by atoms with Gasteiger partial charge in [0.15, 0.2) is 5.69 Å². The Balaban J connectivity index is 1.23. The number of ether oxygens (including phenoxy) is 3. The monoisotopic (exact) mass is 842 g/mol. The number of hydrogen-bond acceptors (Lipinski definition) is 10. The molecule has 5 N–H and O–H groups in total. The van der Waals surface area contributed by atoms with Gasteiger partial charge in [-0.3, -0.25) is 18.9 Å². The van der Waals surface area contributed by atoms with Gasteiger partial charge < -0.3 is 35.5 Å². The Morgan fingerprint density at radius 3 is 2.51 bits per heavy atom. The number of carbonyl (C=O) groups is 3. The molecule has 304 valence electrons. The minimum Gasteiger partial charge on any atom is -0.496 e. The number of amides is 3. The highest BCUT2D eigenvalue weighted by atomic mass is 35.5. The molecule has 6 rings (SSSR count). The lowest BCUT2D eigenvalue weighted by Crippen LogP contribution is -2.55. The maximum Gasteiger partial charge on any atom is 0.275 e. The first-order chi connectivity index (χ1) is 27.0. The molecule has 2 aliphatic heterocycles. The summed E-state index contributed by atoms with van der Waals surface area (Å²) in [6.45, 7) is 5.43. The third kappa shape index (κ3) is 9.88. The summed E-state index contributed by atoms with van der Waals surface area (Å²) < 4.78 is 50.2. The van der Waals surface area contributed by atoms with E-state index in [4.69, 9.17) is 52.8 Å².